The van der Waals surface area contributed by atoms with Crippen molar-refractivity contribution in [3.8, 4) is 0 Å². The number of carbonyl (C=O) groups is 1. The Balaban J connectivity index is 1.61. The van der Waals surface area contributed by atoms with Gasteiger partial charge < -0.3 is 5.32 Å². The monoisotopic (exact) mass is 279 g/mol. The molecule has 0 aliphatic heterocycles. The Morgan fingerprint density at radius 3 is 2.67 bits per heavy atom. The third kappa shape index (κ3) is 3.33. The summed E-state index contributed by atoms with van der Waals surface area (Å²) in [6, 6.07) is 16.5. The molecule has 1 atom stereocenters. The second-order valence-corrected chi connectivity index (χ2v) is 5.90. The lowest BCUT2D eigenvalue weighted by Gasteiger charge is -2.12. The number of nitrogens with one attached hydrogen (secondary N) is 1. The summed E-state index contributed by atoms with van der Waals surface area (Å²) in [5.41, 5.74) is 4.97. The number of hydrogen-bond donors (Lipinski definition) is 1. The van der Waals surface area contributed by atoms with Gasteiger partial charge in [0.05, 0.1) is 0 Å². The average molecular weight is 279 g/mol. The van der Waals surface area contributed by atoms with Gasteiger partial charge in [-0.1, -0.05) is 43.3 Å². The first-order valence-corrected chi connectivity index (χ1v) is 7.69. The van der Waals surface area contributed by atoms with Crippen LogP contribution in [0.25, 0.3) is 0 Å². The molecule has 0 bridgehead atoms. The first-order valence-electron chi connectivity index (χ1n) is 7.69. The zero-order chi connectivity index (χ0) is 14.7. The maximum absolute atomic E-state index is 12.2. The molecular formula is C19H21NO. The Kier molecular flexibility index (Phi) is 4.05. The first kappa shape index (κ1) is 13.9. The van der Waals surface area contributed by atoms with Gasteiger partial charge >= 0.3 is 0 Å². The highest BCUT2D eigenvalue weighted by Crippen LogP contribution is 2.25. The third-order valence-electron chi connectivity index (χ3n) is 4.24. The number of rotatable bonds is 4. The van der Waals surface area contributed by atoms with Gasteiger partial charge in [0.2, 0.25) is 5.91 Å². The van der Waals surface area contributed by atoms with Gasteiger partial charge in [0, 0.05) is 12.1 Å². The molecule has 108 valence electrons. The van der Waals surface area contributed by atoms with E-state index in [4.69, 9.17) is 0 Å². The highest BCUT2D eigenvalue weighted by atomic mass is 16.1. The highest BCUT2D eigenvalue weighted by molar-refractivity contribution is 5.91. The summed E-state index contributed by atoms with van der Waals surface area (Å²) in [7, 11) is 0. The number of benzene rings is 2. The third-order valence-corrected chi connectivity index (χ3v) is 4.24. The van der Waals surface area contributed by atoms with Crippen molar-refractivity contribution in [1.29, 1.82) is 0 Å². The summed E-state index contributed by atoms with van der Waals surface area (Å²) in [4.78, 5) is 12.2. The zero-order valence-corrected chi connectivity index (χ0v) is 12.4. The SMILES string of the molecule is C[C@H](CC(=O)Nc1ccc2c(c1)CCC2)c1ccccc1. The molecule has 1 N–H and O–H groups in total. The molecule has 0 unspecified atom stereocenters. The molecule has 0 fully saturated rings. The zero-order valence-electron chi connectivity index (χ0n) is 12.4. The lowest BCUT2D eigenvalue weighted by molar-refractivity contribution is -0.116. The quantitative estimate of drug-likeness (QED) is 0.888. The fourth-order valence-corrected chi connectivity index (χ4v) is 3.04. The second-order valence-electron chi connectivity index (χ2n) is 5.90. The fraction of sp³-hybridized carbons (Fsp3) is 0.316. The standard InChI is InChI=1S/C19H21NO/c1-14(15-6-3-2-4-7-15)12-19(21)20-18-11-10-16-8-5-9-17(16)13-18/h2-4,6-7,10-11,13-14H,5,8-9,12H2,1H3,(H,20,21)/t14-/m1/s1. The van der Waals surface area contributed by atoms with Gasteiger partial charge in [0.1, 0.15) is 0 Å². The van der Waals surface area contributed by atoms with Crippen LogP contribution in [0.4, 0.5) is 5.69 Å². The largest absolute Gasteiger partial charge is 0.326 e. The van der Waals surface area contributed by atoms with Crippen LogP contribution in [0.5, 0.6) is 0 Å². The number of hydrogen-bond acceptors (Lipinski definition) is 1. The minimum Gasteiger partial charge on any atom is -0.326 e. The summed E-state index contributed by atoms with van der Waals surface area (Å²) in [5.74, 6) is 0.324. The molecule has 1 aliphatic carbocycles. The molecule has 1 aliphatic rings. The van der Waals surface area contributed by atoms with Crippen molar-refractivity contribution in [3.05, 3.63) is 65.2 Å². The van der Waals surface area contributed by atoms with Gasteiger partial charge in [-0.05, 0) is 54.0 Å². The molecule has 0 saturated heterocycles. The minimum atomic E-state index is 0.0873. The topological polar surface area (TPSA) is 29.1 Å². The number of anilines is 1. The van der Waals surface area contributed by atoms with Gasteiger partial charge in [-0.2, -0.15) is 0 Å². The van der Waals surface area contributed by atoms with Crippen molar-refractivity contribution < 1.29 is 4.79 Å². The van der Waals surface area contributed by atoms with E-state index >= 15 is 0 Å². The molecule has 2 aromatic rings. The van der Waals surface area contributed by atoms with Crippen molar-refractivity contribution in [2.75, 3.05) is 5.32 Å². The van der Waals surface area contributed by atoms with E-state index in [1.807, 2.05) is 24.3 Å². The molecule has 21 heavy (non-hydrogen) atoms. The fourth-order valence-electron chi connectivity index (χ4n) is 3.04. The minimum absolute atomic E-state index is 0.0873. The van der Waals surface area contributed by atoms with E-state index < -0.39 is 0 Å². The Morgan fingerprint density at radius 2 is 1.86 bits per heavy atom. The molecule has 2 aromatic carbocycles. The summed E-state index contributed by atoms with van der Waals surface area (Å²) >= 11 is 0. The Bertz CT molecular complexity index is 633. The highest BCUT2D eigenvalue weighted by Gasteiger charge is 2.14. The summed E-state index contributed by atoms with van der Waals surface area (Å²) in [5, 5.41) is 3.03. The van der Waals surface area contributed by atoms with E-state index in [-0.39, 0.29) is 11.8 Å². The van der Waals surface area contributed by atoms with E-state index in [1.165, 1.54) is 29.5 Å². The van der Waals surface area contributed by atoms with Crippen molar-refractivity contribution in [2.24, 2.45) is 0 Å². The van der Waals surface area contributed by atoms with Gasteiger partial charge in [0.15, 0.2) is 0 Å². The molecule has 3 rings (SSSR count). The molecule has 2 nitrogen and oxygen atoms in total. The number of amides is 1. The normalized spacial score (nSPS) is 14.5. The molecule has 0 radical (unpaired) electrons. The van der Waals surface area contributed by atoms with E-state index in [9.17, 15) is 4.79 Å². The smallest absolute Gasteiger partial charge is 0.224 e. The van der Waals surface area contributed by atoms with Crippen LogP contribution in [0.1, 0.15) is 42.4 Å². The lowest BCUT2D eigenvalue weighted by Crippen LogP contribution is -2.14. The molecule has 1 amide bonds. The van der Waals surface area contributed by atoms with E-state index in [0.717, 1.165) is 12.1 Å². The van der Waals surface area contributed by atoms with Crippen molar-refractivity contribution >= 4 is 11.6 Å². The van der Waals surface area contributed by atoms with Crippen LogP contribution in [-0.2, 0) is 17.6 Å². The second kappa shape index (κ2) is 6.13. The van der Waals surface area contributed by atoms with Crippen LogP contribution >= 0.6 is 0 Å². The summed E-state index contributed by atoms with van der Waals surface area (Å²) in [6.45, 7) is 2.09. The van der Waals surface area contributed by atoms with Crippen molar-refractivity contribution in [1.82, 2.24) is 0 Å². The number of fused-ring (bicyclic) bond motifs is 1. The van der Waals surface area contributed by atoms with Crippen LogP contribution in [0, 0.1) is 0 Å². The van der Waals surface area contributed by atoms with E-state index in [1.54, 1.807) is 0 Å². The van der Waals surface area contributed by atoms with Crippen molar-refractivity contribution in [2.45, 2.75) is 38.5 Å². The van der Waals surface area contributed by atoms with E-state index in [2.05, 4.69) is 36.5 Å². The van der Waals surface area contributed by atoms with Crippen LogP contribution < -0.4 is 5.32 Å². The predicted octanol–water partition coefficient (Wildman–Crippen LogP) is 4.31. The predicted molar refractivity (Wildman–Crippen MR) is 86.6 cm³/mol. The maximum atomic E-state index is 12.2. The van der Waals surface area contributed by atoms with E-state index in [0.29, 0.717) is 6.42 Å². The van der Waals surface area contributed by atoms with Gasteiger partial charge in [-0.3, -0.25) is 4.79 Å². The molecule has 0 aromatic heterocycles. The molecule has 0 heterocycles. The first-order chi connectivity index (χ1) is 10.2. The lowest BCUT2D eigenvalue weighted by atomic mass is 9.97. The molecule has 0 spiro atoms. The summed E-state index contributed by atoms with van der Waals surface area (Å²) in [6.07, 6.45) is 4.06. The molecule has 0 saturated carbocycles. The number of carbonyl (C=O) groups excluding carboxylic acids is 1. The maximum Gasteiger partial charge on any atom is 0.224 e. The van der Waals surface area contributed by atoms with Crippen LogP contribution in [-0.4, -0.2) is 5.91 Å². The Hall–Kier alpha value is -2.09. The van der Waals surface area contributed by atoms with Gasteiger partial charge in [0.25, 0.3) is 0 Å². The van der Waals surface area contributed by atoms with Crippen LogP contribution in [0.15, 0.2) is 48.5 Å². The molecule has 2 heteroatoms. The molecular weight excluding hydrogens is 258 g/mol. The Morgan fingerprint density at radius 1 is 1.10 bits per heavy atom. The van der Waals surface area contributed by atoms with Crippen molar-refractivity contribution in [3.63, 3.8) is 0 Å². The average Bonchev–Trinajstić information content (AvgIpc) is 2.95. The van der Waals surface area contributed by atoms with Crippen LogP contribution in [0.2, 0.25) is 0 Å². The van der Waals surface area contributed by atoms with Gasteiger partial charge in [-0.25, -0.2) is 0 Å². The number of aryl methyl sites for hydroxylation is 2. The van der Waals surface area contributed by atoms with Gasteiger partial charge in [-0.15, -0.1) is 0 Å². The summed E-state index contributed by atoms with van der Waals surface area (Å²) < 4.78 is 0. The van der Waals surface area contributed by atoms with Crippen LogP contribution in [0.3, 0.4) is 0 Å². The Labute approximate surface area is 126 Å².